The van der Waals surface area contributed by atoms with Crippen LogP contribution in [0.2, 0.25) is 0 Å². The summed E-state index contributed by atoms with van der Waals surface area (Å²) in [5, 5.41) is 0. The smallest absolute Gasteiger partial charge is 0.0270 e. The van der Waals surface area contributed by atoms with Crippen LogP contribution >= 0.6 is 0 Å². The summed E-state index contributed by atoms with van der Waals surface area (Å²) < 4.78 is 0. The molecule has 1 unspecified atom stereocenters. The Labute approximate surface area is 84.4 Å². The van der Waals surface area contributed by atoms with E-state index in [1.165, 1.54) is 5.56 Å². The summed E-state index contributed by atoms with van der Waals surface area (Å²) in [5.41, 5.74) is 1.47. The molecule has 0 aliphatic carbocycles. The van der Waals surface area contributed by atoms with Crippen LogP contribution in [0.25, 0.3) is 0 Å². The van der Waals surface area contributed by atoms with Crippen molar-refractivity contribution in [1.29, 1.82) is 0 Å². The van der Waals surface area contributed by atoms with E-state index in [2.05, 4.69) is 35.1 Å². The van der Waals surface area contributed by atoms with Gasteiger partial charge in [0.25, 0.3) is 0 Å². The molecule has 0 saturated carbocycles. The van der Waals surface area contributed by atoms with Gasteiger partial charge in [0.05, 0.1) is 0 Å². The van der Waals surface area contributed by atoms with Crippen molar-refractivity contribution in [2.45, 2.75) is 25.2 Å². The predicted octanol–water partition coefficient (Wildman–Crippen LogP) is 2.72. The number of hydrogen-bond donors (Lipinski definition) is 0. The highest BCUT2D eigenvalue weighted by Crippen LogP contribution is 2.33. The normalized spacial score (nSPS) is 25.2. The zero-order valence-electron chi connectivity index (χ0n) is 8.35. The first-order valence-corrected chi connectivity index (χ1v) is 4.97. The molecule has 1 aromatic heterocycles. The lowest BCUT2D eigenvalue weighted by Crippen LogP contribution is -2.24. The molecule has 2 heteroatoms. The van der Waals surface area contributed by atoms with Gasteiger partial charge in [0.2, 0.25) is 0 Å². The monoisotopic (exact) mass is 186 g/mol. The van der Waals surface area contributed by atoms with Crippen molar-refractivity contribution in [3.63, 3.8) is 0 Å². The van der Waals surface area contributed by atoms with E-state index in [-0.39, 0.29) is 5.41 Å². The Bertz CT molecular complexity index is 354. The van der Waals surface area contributed by atoms with Crippen LogP contribution < -0.4 is 0 Å². The average Bonchev–Trinajstić information content (AvgIpc) is 2.31. The van der Waals surface area contributed by atoms with Gasteiger partial charge in [0, 0.05) is 30.2 Å². The van der Waals surface area contributed by atoms with Crippen LogP contribution in [-0.4, -0.2) is 11.2 Å². The molecule has 72 valence electrons. The summed E-state index contributed by atoms with van der Waals surface area (Å²) >= 11 is 0. The second-order valence-corrected chi connectivity index (χ2v) is 3.60. The second-order valence-electron chi connectivity index (χ2n) is 3.60. The molecular weight excluding hydrogens is 172 g/mol. The van der Waals surface area contributed by atoms with Gasteiger partial charge in [0.1, 0.15) is 0 Å². The van der Waals surface area contributed by atoms with Gasteiger partial charge in [0.15, 0.2) is 0 Å². The van der Waals surface area contributed by atoms with Crippen LogP contribution in [0.15, 0.2) is 41.8 Å². The van der Waals surface area contributed by atoms with E-state index >= 15 is 0 Å². The zero-order valence-corrected chi connectivity index (χ0v) is 8.35. The van der Waals surface area contributed by atoms with Crippen LogP contribution in [0.3, 0.4) is 0 Å². The number of hydrogen-bond acceptors (Lipinski definition) is 2. The first kappa shape index (κ1) is 9.13. The van der Waals surface area contributed by atoms with Crippen LogP contribution in [0.1, 0.15) is 25.3 Å². The summed E-state index contributed by atoms with van der Waals surface area (Å²) in [4.78, 5) is 8.17. The van der Waals surface area contributed by atoms with E-state index in [0.29, 0.717) is 0 Å². The van der Waals surface area contributed by atoms with Gasteiger partial charge >= 0.3 is 0 Å². The molecule has 1 aromatic rings. The fourth-order valence-corrected chi connectivity index (χ4v) is 1.89. The third-order valence-corrected chi connectivity index (χ3v) is 2.93. The lowest BCUT2D eigenvalue weighted by atomic mass is 9.75. The maximum absolute atomic E-state index is 4.12. The minimum atomic E-state index is 0.144. The van der Waals surface area contributed by atoms with Crippen LogP contribution in [0.4, 0.5) is 0 Å². The maximum Gasteiger partial charge on any atom is 0.0270 e. The Morgan fingerprint density at radius 2 is 2.14 bits per heavy atom. The molecule has 2 nitrogen and oxygen atoms in total. The van der Waals surface area contributed by atoms with Crippen molar-refractivity contribution >= 4 is 6.21 Å². The van der Waals surface area contributed by atoms with Gasteiger partial charge < -0.3 is 0 Å². The van der Waals surface area contributed by atoms with Crippen molar-refractivity contribution < 1.29 is 0 Å². The van der Waals surface area contributed by atoms with E-state index in [4.69, 9.17) is 0 Å². The molecule has 2 rings (SSSR count). The number of aliphatic imine (C=N–C) groups is 1. The molecule has 0 radical (unpaired) electrons. The molecule has 0 saturated heterocycles. The third-order valence-electron chi connectivity index (χ3n) is 2.93. The number of aromatic nitrogens is 1. The number of rotatable bonds is 2. The van der Waals surface area contributed by atoms with Crippen LogP contribution in [0, 0.1) is 0 Å². The first-order chi connectivity index (χ1) is 6.87. The van der Waals surface area contributed by atoms with Crippen molar-refractivity contribution in [2.75, 3.05) is 0 Å². The third kappa shape index (κ3) is 1.48. The number of nitrogens with zero attached hydrogens (tertiary/aromatic N) is 2. The topological polar surface area (TPSA) is 25.2 Å². The minimum absolute atomic E-state index is 0.144. The van der Waals surface area contributed by atoms with Gasteiger partial charge in [-0.1, -0.05) is 13.0 Å². The molecule has 1 aliphatic heterocycles. The van der Waals surface area contributed by atoms with Crippen LogP contribution in [-0.2, 0) is 5.41 Å². The first-order valence-electron chi connectivity index (χ1n) is 4.97. The average molecular weight is 186 g/mol. The van der Waals surface area contributed by atoms with E-state index in [9.17, 15) is 0 Å². The molecule has 14 heavy (non-hydrogen) atoms. The summed E-state index contributed by atoms with van der Waals surface area (Å²) in [6.07, 6.45) is 11.9. The van der Waals surface area contributed by atoms with E-state index < -0.39 is 0 Å². The Morgan fingerprint density at radius 3 is 2.71 bits per heavy atom. The molecular formula is C12H14N2. The number of pyridine rings is 1. The largest absolute Gasteiger partial charge is 0.269 e. The molecule has 1 atom stereocenters. The van der Waals surface area contributed by atoms with Gasteiger partial charge in [-0.25, -0.2) is 0 Å². The molecule has 0 fully saturated rings. The molecule has 1 aliphatic rings. The Hall–Kier alpha value is -1.44. The van der Waals surface area contributed by atoms with Gasteiger partial charge in [-0.15, -0.1) is 0 Å². The molecule has 2 heterocycles. The van der Waals surface area contributed by atoms with E-state index in [1.54, 1.807) is 0 Å². The highest BCUT2D eigenvalue weighted by Gasteiger charge is 2.27. The van der Waals surface area contributed by atoms with Crippen molar-refractivity contribution in [3.05, 3.63) is 42.4 Å². The summed E-state index contributed by atoms with van der Waals surface area (Å²) in [6.45, 7) is 2.21. The highest BCUT2D eigenvalue weighted by molar-refractivity contribution is 5.64. The van der Waals surface area contributed by atoms with Crippen molar-refractivity contribution in [3.8, 4) is 0 Å². The Morgan fingerprint density at radius 1 is 1.36 bits per heavy atom. The molecule has 0 N–H and O–H groups in total. The van der Waals surface area contributed by atoms with E-state index in [1.807, 2.05) is 24.8 Å². The molecule has 0 spiro atoms. The standard InChI is InChI=1S/C12H14N2/c1-2-12(5-9-14-10-6-12)11-3-7-13-8-4-11/h3-5,7-10H,2,6H2,1H3. The van der Waals surface area contributed by atoms with Crippen molar-refractivity contribution in [2.24, 2.45) is 4.99 Å². The quantitative estimate of drug-likeness (QED) is 0.697. The van der Waals surface area contributed by atoms with Crippen molar-refractivity contribution in [1.82, 2.24) is 4.98 Å². The van der Waals surface area contributed by atoms with E-state index in [0.717, 1.165) is 12.8 Å². The van der Waals surface area contributed by atoms with Gasteiger partial charge in [-0.05, 0) is 30.5 Å². The molecule has 0 aromatic carbocycles. The second kappa shape index (κ2) is 3.74. The number of allylic oxidation sites excluding steroid dienone is 1. The van der Waals surface area contributed by atoms with Gasteiger partial charge in [-0.2, -0.15) is 0 Å². The summed E-state index contributed by atoms with van der Waals surface area (Å²) in [6, 6.07) is 4.18. The predicted molar refractivity (Wildman–Crippen MR) is 58.5 cm³/mol. The molecule has 0 amide bonds. The molecule has 0 bridgehead atoms. The highest BCUT2D eigenvalue weighted by atomic mass is 14.7. The Balaban J connectivity index is 2.39. The summed E-state index contributed by atoms with van der Waals surface area (Å²) in [7, 11) is 0. The minimum Gasteiger partial charge on any atom is -0.269 e. The lowest BCUT2D eigenvalue weighted by Gasteiger charge is -2.29. The zero-order chi connectivity index (χ0) is 9.86. The SMILES string of the molecule is CCC1(c2ccncc2)C=CN=CC1. The lowest BCUT2D eigenvalue weighted by molar-refractivity contribution is 0.534. The maximum atomic E-state index is 4.12. The fourth-order valence-electron chi connectivity index (χ4n) is 1.89. The van der Waals surface area contributed by atoms with Crippen LogP contribution in [0.5, 0.6) is 0 Å². The fraction of sp³-hybridized carbons (Fsp3) is 0.333. The summed E-state index contributed by atoms with van der Waals surface area (Å²) in [5.74, 6) is 0. The Kier molecular flexibility index (Phi) is 2.44. The van der Waals surface area contributed by atoms with Gasteiger partial charge in [-0.3, -0.25) is 9.98 Å².